The molecule has 1 aromatic heterocycles. The standard InChI is InChI=1S/C13H20N2O5S.ClH/c1-2-19-12(16)10-5-6-11(20-10)21(17,18)15-13(9-14)7-3-4-8-13;/h5-6,15H,2-4,7-9,14H2,1H3;1H. The molecule has 9 heteroatoms. The number of nitrogens with two attached hydrogens (primary N) is 1. The third kappa shape index (κ3) is 4.01. The van der Waals surface area contributed by atoms with Crippen LogP contribution in [-0.2, 0) is 14.8 Å². The van der Waals surface area contributed by atoms with Crippen LogP contribution in [0.3, 0.4) is 0 Å². The zero-order valence-electron chi connectivity index (χ0n) is 12.3. The third-order valence-corrected chi connectivity index (χ3v) is 5.08. The summed E-state index contributed by atoms with van der Waals surface area (Å²) in [5.74, 6) is -0.821. The lowest BCUT2D eigenvalue weighted by Gasteiger charge is -2.27. The van der Waals surface area contributed by atoms with Crippen molar-refractivity contribution in [3.8, 4) is 0 Å². The van der Waals surface area contributed by atoms with Gasteiger partial charge < -0.3 is 14.9 Å². The Morgan fingerprint density at radius 2 is 2.05 bits per heavy atom. The van der Waals surface area contributed by atoms with E-state index in [-0.39, 0.29) is 36.4 Å². The lowest BCUT2D eigenvalue weighted by atomic mass is 10.0. The monoisotopic (exact) mass is 352 g/mol. The molecule has 2 rings (SSSR count). The molecule has 0 radical (unpaired) electrons. The molecule has 1 saturated carbocycles. The van der Waals surface area contributed by atoms with E-state index in [1.165, 1.54) is 12.1 Å². The number of ether oxygens (including phenoxy) is 1. The summed E-state index contributed by atoms with van der Waals surface area (Å²) in [5.41, 5.74) is 5.10. The summed E-state index contributed by atoms with van der Waals surface area (Å²) in [6.45, 7) is 2.08. The van der Waals surface area contributed by atoms with Gasteiger partial charge in [-0.15, -0.1) is 12.4 Å². The molecule has 7 nitrogen and oxygen atoms in total. The summed E-state index contributed by atoms with van der Waals surface area (Å²) >= 11 is 0. The van der Waals surface area contributed by atoms with Crippen molar-refractivity contribution >= 4 is 28.4 Å². The Labute approximate surface area is 136 Å². The highest BCUT2D eigenvalue weighted by molar-refractivity contribution is 7.89. The molecule has 0 aromatic carbocycles. The van der Waals surface area contributed by atoms with Crippen molar-refractivity contribution in [1.82, 2.24) is 4.72 Å². The van der Waals surface area contributed by atoms with Crippen molar-refractivity contribution in [2.24, 2.45) is 5.73 Å². The highest BCUT2D eigenvalue weighted by Crippen LogP contribution is 2.30. The molecule has 1 heterocycles. The second-order valence-corrected chi connectivity index (χ2v) is 6.75. The van der Waals surface area contributed by atoms with Crippen molar-refractivity contribution < 1.29 is 22.4 Å². The summed E-state index contributed by atoms with van der Waals surface area (Å²) < 4.78 is 37.1. The summed E-state index contributed by atoms with van der Waals surface area (Å²) in [4.78, 5) is 11.5. The van der Waals surface area contributed by atoms with Gasteiger partial charge in [0.1, 0.15) is 0 Å². The average Bonchev–Trinajstić information content (AvgIpc) is 3.08. The minimum Gasteiger partial charge on any atom is -0.460 e. The fourth-order valence-electron chi connectivity index (χ4n) is 2.51. The number of hydrogen-bond acceptors (Lipinski definition) is 6. The normalized spacial score (nSPS) is 17.0. The van der Waals surface area contributed by atoms with Crippen LogP contribution in [0.5, 0.6) is 0 Å². The number of rotatable bonds is 6. The number of carbonyl (C=O) groups is 1. The van der Waals surface area contributed by atoms with E-state index >= 15 is 0 Å². The molecule has 0 saturated heterocycles. The second-order valence-electron chi connectivity index (χ2n) is 5.14. The number of esters is 1. The van der Waals surface area contributed by atoms with E-state index in [4.69, 9.17) is 14.9 Å². The smallest absolute Gasteiger partial charge is 0.374 e. The van der Waals surface area contributed by atoms with Crippen molar-refractivity contribution in [1.29, 1.82) is 0 Å². The lowest BCUT2D eigenvalue weighted by Crippen LogP contribution is -2.51. The first-order chi connectivity index (χ1) is 9.92. The number of hydrogen-bond donors (Lipinski definition) is 2. The minimum absolute atomic E-state index is 0. The van der Waals surface area contributed by atoms with Crippen LogP contribution in [0.4, 0.5) is 0 Å². The molecule has 1 aliphatic carbocycles. The highest BCUT2D eigenvalue weighted by atomic mass is 35.5. The van der Waals surface area contributed by atoms with Crippen molar-refractivity contribution in [2.45, 2.75) is 43.2 Å². The Balaban J connectivity index is 0.00000242. The summed E-state index contributed by atoms with van der Waals surface area (Å²) in [6, 6.07) is 2.53. The number of sulfonamides is 1. The topological polar surface area (TPSA) is 112 Å². The number of halogens is 1. The van der Waals surface area contributed by atoms with Crippen molar-refractivity contribution in [3.63, 3.8) is 0 Å². The molecular weight excluding hydrogens is 332 g/mol. The van der Waals surface area contributed by atoms with Crippen LogP contribution in [0.25, 0.3) is 0 Å². The Morgan fingerprint density at radius 1 is 1.41 bits per heavy atom. The Morgan fingerprint density at radius 3 is 2.59 bits per heavy atom. The first-order valence-electron chi connectivity index (χ1n) is 6.93. The van der Waals surface area contributed by atoms with Crippen molar-refractivity contribution in [3.05, 3.63) is 17.9 Å². The first-order valence-corrected chi connectivity index (χ1v) is 8.42. The molecule has 0 spiro atoms. The number of carbonyl (C=O) groups excluding carboxylic acids is 1. The number of nitrogens with one attached hydrogen (secondary N) is 1. The molecule has 3 N–H and O–H groups in total. The van der Waals surface area contributed by atoms with E-state index in [1.807, 2.05) is 0 Å². The predicted molar refractivity (Wildman–Crippen MR) is 82.5 cm³/mol. The quantitative estimate of drug-likeness (QED) is 0.749. The van der Waals surface area contributed by atoms with Gasteiger partial charge in [-0.3, -0.25) is 0 Å². The molecule has 1 aliphatic rings. The fraction of sp³-hybridized carbons (Fsp3) is 0.615. The van der Waals surface area contributed by atoms with Gasteiger partial charge in [-0.2, -0.15) is 0 Å². The third-order valence-electron chi connectivity index (χ3n) is 3.63. The van der Waals surface area contributed by atoms with Gasteiger partial charge >= 0.3 is 5.97 Å². The largest absolute Gasteiger partial charge is 0.460 e. The Bertz CT molecular complexity index is 608. The molecular formula is C13H21ClN2O5S. The SMILES string of the molecule is CCOC(=O)c1ccc(S(=O)(=O)NC2(CN)CCCC2)o1.Cl. The van der Waals surface area contributed by atoms with Crippen LogP contribution >= 0.6 is 12.4 Å². The van der Waals surface area contributed by atoms with Crippen LogP contribution in [-0.4, -0.2) is 33.1 Å². The molecule has 126 valence electrons. The van der Waals surface area contributed by atoms with Crippen LogP contribution in [0, 0.1) is 0 Å². The van der Waals surface area contributed by atoms with Crippen LogP contribution in [0.1, 0.15) is 43.2 Å². The van der Waals surface area contributed by atoms with E-state index in [9.17, 15) is 13.2 Å². The zero-order chi connectivity index (χ0) is 15.5. The fourth-order valence-corrected chi connectivity index (χ4v) is 3.92. The summed E-state index contributed by atoms with van der Waals surface area (Å²) in [7, 11) is -3.85. The van der Waals surface area contributed by atoms with E-state index in [1.54, 1.807) is 6.92 Å². The van der Waals surface area contributed by atoms with Gasteiger partial charge in [0.25, 0.3) is 10.0 Å². The van der Waals surface area contributed by atoms with Gasteiger partial charge in [-0.05, 0) is 31.9 Å². The first kappa shape index (κ1) is 19.0. The highest BCUT2D eigenvalue weighted by Gasteiger charge is 2.38. The maximum absolute atomic E-state index is 12.3. The molecule has 1 aromatic rings. The molecule has 0 bridgehead atoms. The second kappa shape index (κ2) is 7.45. The Hall–Kier alpha value is -1.09. The van der Waals surface area contributed by atoms with Gasteiger partial charge in [-0.1, -0.05) is 12.8 Å². The van der Waals surface area contributed by atoms with Crippen LogP contribution in [0.2, 0.25) is 0 Å². The van der Waals surface area contributed by atoms with Gasteiger partial charge in [0.2, 0.25) is 10.9 Å². The summed E-state index contributed by atoms with van der Waals surface area (Å²) in [5, 5.41) is -0.301. The predicted octanol–water partition coefficient (Wildman–Crippen LogP) is 1.43. The van der Waals surface area contributed by atoms with Crippen LogP contribution in [0.15, 0.2) is 21.6 Å². The zero-order valence-corrected chi connectivity index (χ0v) is 14.0. The van der Waals surface area contributed by atoms with Gasteiger partial charge in [0.15, 0.2) is 0 Å². The molecule has 0 unspecified atom stereocenters. The van der Waals surface area contributed by atoms with Gasteiger partial charge in [0.05, 0.1) is 6.61 Å². The molecule has 0 atom stereocenters. The van der Waals surface area contributed by atoms with Gasteiger partial charge in [0, 0.05) is 12.1 Å². The average molecular weight is 353 g/mol. The van der Waals surface area contributed by atoms with Crippen molar-refractivity contribution in [2.75, 3.05) is 13.2 Å². The molecule has 0 aliphatic heterocycles. The van der Waals surface area contributed by atoms with E-state index in [0.29, 0.717) is 12.8 Å². The minimum atomic E-state index is -3.85. The molecule has 22 heavy (non-hydrogen) atoms. The lowest BCUT2D eigenvalue weighted by molar-refractivity contribution is 0.0484. The van der Waals surface area contributed by atoms with Crippen LogP contribution < -0.4 is 10.5 Å². The maximum Gasteiger partial charge on any atom is 0.374 e. The molecule has 1 fully saturated rings. The van der Waals surface area contributed by atoms with E-state index in [2.05, 4.69) is 4.72 Å². The maximum atomic E-state index is 12.3. The molecule has 0 amide bonds. The van der Waals surface area contributed by atoms with E-state index in [0.717, 1.165) is 12.8 Å². The van der Waals surface area contributed by atoms with E-state index < -0.39 is 21.5 Å². The Kier molecular flexibility index (Phi) is 6.42. The summed E-state index contributed by atoms with van der Waals surface area (Å²) in [6.07, 6.45) is 3.28. The number of furan rings is 1. The van der Waals surface area contributed by atoms with Gasteiger partial charge in [-0.25, -0.2) is 17.9 Å².